The summed E-state index contributed by atoms with van der Waals surface area (Å²) in [5.41, 5.74) is 1.21. The van der Waals surface area contributed by atoms with Crippen LogP contribution in [-0.4, -0.2) is 49.7 Å². The first-order valence-corrected chi connectivity index (χ1v) is 11.2. The van der Waals surface area contributed by atoms with E-state index in [2.05, 4.69) is 0 Å². The van der Waals surface area contributed by atoms with Gasteiger partial charge in [0.15, 0.2) is 11.3 Å². The molecule has 0 aliphatic carbocycles. The van der Waals surface area contributed by atoms with Gasteiger partial charge in [-0.15, -0.1) is 0 Å². The molecule has 3 aromatic rings. The zero-order valence-corrected chi connectivity index (χ0v) is 17.9. The monoisotopic (exact) mass is 452 g/mol. The predicted octanol–water partition coefficient (Wildman–Crippen LogP) is 4.19. The van der Waals surface area contributed by atoms with Crippen molar-refractivity contribution in [2.75, 3.05) is 26.2 Å². The van der Waals surface area contributed by atoms with Crippen LogP contribution in [0.5, 0.6) is 0 Å². The molecule has 152 valence electrons. The minimum absolute atomic E-state index is 0.146. The van der Waals surface area contributed by atoms with E-state index in [1.807, 2.05) is 13.0 Å². The number of nitrogens with zero attached hydrogens (tertiary/aromatic N) is 2. The van der Waals surface area contributed by atoms with Crippen molar-refractivity contribution < 1.29 is 17.6 Å². The second kappa shape index (κ2) is 7.65. The summed E-state index contributed by atoms with van der Waals surface area (Å²) in [4.78, 5) is 14.7. The smallest absolute Gasteiger partial charge is 0.289 e. The molecule has 1 saturated heterocycles. The maximum absolute atomic E-state index is 13.0. The molecule has 1 fully saturated rings. The van der Waals surface area contributed by atoms with Gasteiger partial charge in [0.1, 0.15) is 0 Å². The first-order valence-electron chi connectivity index (χ1n) is 9.01. The van der Waals surface area contributed by atoms with Crippen LogP contribution in [0.3, 0.4) is 0 Å². The molecular formula is C20H18Cl2N2O4S. The summed E-state index contributed by atoms with van der Waals surface area (Å²) < 4.78 is 32.8. The Bertz CT molecular complexity index is 1200. The zero-order chi connectivity index (χ0) is 20.8. The van der Waals surface area contributed by atoms with E-state index < -0.39 is 10.0 Å². The fraction of sp³-hybridized carbons (Fsp3) is 0.250. The Kier molecular flexibility index (Phi) is 5.33. The average Bonchev–Trinajstić information content (AvgIpc) is 3.06. The van der Waals surface area contributed by atoms with Gasteiger partial charge in [-0.2, -0.15) is 4.31 Å². The maximum atomic E-state index is 13.0. The number of fused-ring (bicyclic) bond motifs is 1. The molecule has 9 heteroatoms. The molecule has 1 aliphatic heterocycles. The third kappa shape index (κ3) is 3.64. The van der Waals surface area contributed by atoms with E-state index in [-0.39, 0.29) is 42.7 Å². The van der Waals surface area contributed by atoms with Crippen molar-refractivity contribution in [3.63, 3.8) is 0 Å². The third-order valence-electron chi connectivity index (χ3n) is 5.07. The normalized spacial score (nSPS) is 15.8. The second-order valence-corrected chi connectivity index (χ2v) is 9.61. The van der Waals surface area contributed by atoms with Gasteiger partial charge in [0, 0.05) is 42.2 Å². The van der Waals surface area contributed by atoms with Crippen LogP contribution >= 0.6 is 23.2 Å². The number of benzene rings is 2. The first-order chi connectivity index (χ1) is 13.8. The van der Waals surface area contributed by atoms with Gasteiger partial charge in [0.2, 0.25) is 10.0 Å². The Balaban J connectivity index is 1.52. The number of piperazine rings is 1. The average molecular weight is 453 g/mol. The van der Waals surface area contributed by atoms with Crippen molar-refractivity contribution in [2.45, 2.75) is 11.8 Å². The van der Waals surface area contributed by atoms with Crippen LogP contribution in [0.15, 0.2) is 51.8 Å². The Morgan fingerprint density at radius 1 is 1.03 bits per heavy atom. The fourth-order valence-corrected chi connectivity index (χ4v) is 5.40. The lowest BCUT2D eigenvalue weighted by Gasteiger charge is -2.33. The molecule has 0 spiro atoms. The lowest BCUT2D eigenvalue weighted by atomic mass is 10.1. The summed E-state index contributed by atoms with van der Waals surface area (Å²) in [5, 5.41) is 1.60. The summed E-state index contributed by atoms with van der Waals surface area (Å²) in [5.74, 6) is -0.0335. The van der Waals surface area contributed by atoms with Crippen LogP contribution in [0.4, 0.5) is 0 Å². The van der Waals surface area contributed by atoms with Crippen LogP contribution in [0.25, 0.3) is 11.0 Å². The van der Waals surface area contributed by atoms with E-state index in [1.54, 1.807) is 29.2 Å². The minimum atomic E-state index is -3.66. The molecule has 1 aromatic heterocycles. The number of furan rings is 1. The Morgan fingerprint density at radius 2 is 1.72 bits per heavy atom. The molecule has 0 N–H and O–H groups in total. The van der Waals surface area contributed by atoms with Gasteiger partial charge in [0.05, 0.1) is 9.92 Å². The molecule has 0 bridgehead atoms. The summed E-state index contributed by atoms with van der Waals surface area (Å²) in [7, 11) is -3.66. The van der Waals surface area contributed by atoms with E-state index in [9.17, 15) is 13.2 Å². The van der Waals surface area contributed by atoms with Crippen molar-refractivity contribution in [1.29, 1.82) is 0 Å². The van der Waals surface area contributed by atoms with Gasteiger partial charge in [-0.05, 0) is 31.2 Å². The zero-order valence-electron chi connectivity index (χ0n) is 15.6. The highest BCUT2D eigenvalue weighted by Crippen LogP contribution is 2.31. The molecule has 1 aliphatic rings. The highest BCUT2D eigenvalue weighted by Gasteiger charge is 2.32. The number of amides is 1. The number of carbonyl (C=O) groups is 1. The van der Waals surface area contributed by atoms with Crippen LogP contribution in [0, 0.1) is 6.92 Å². The molecule has 2 heterocycles. The highest BCUT2D eigenvalue weighted by molar-refractivity contribution is 7.89. The SMILES string of the molecule is Cc1c(C(=O)N2CCN(S(=O)(=O)c3cccc(Cl)c3)CC2)oc2c(Cl)cccc12. The van der Waals surface area contributed by atoms with E-state index >= 15 is 0 Å². The standard InChI is InChI=1S/C20H18Cl2N2O4S/c1-13-16-6-3-7-17(22)19(16)28-18(13)20(25)23-8-10-24(11-9-23)29(26,27)15-5-2-4-14(21)12-15/h2-7,12H,8-11H2,1H3. The third-order valence-corrected chi connectivity index (χ3v) is 7.50. The number of carbonyl (C=O) groups excluding carboxylic acids is 1. The number of sulfonamides is 1. The Labute approximate surface area is 178 Å². The van der Waals surface area contributed by atoms with Gasteiger partial charge in [-0.1, -0.05) is 41.4 Å². The number of hydrogen-bond acceptors (Lipinski definition) is 4. The largest absolute Gasteiger partial charge is 0.449 e. The van der Waals surface area contributed by atoms with Crippen LogP contribution in [0.2, 0.25) is 10.0 Å². The number of hydrogen-bond donors (Lipinski definition) is 0. The molecule has 4 rings (SSSR count). The van der Waals surface area contributed by atoms with Crippen molar-refractivity contribution >= 4 is 50.1 Å². The van der Waals surface area contributed by atoms with Gasteiger partial charge in [0.25, 0.3) is 5.91 Å². The van der Waals surface area contributed by atoms with Crippen molar-refractivity contribution in [2.24, 2.45) is 0 Å². The molecule has 6 nitrogen and oxygen atoms in total. The Hall–Kier alpha value is -2.06. The van der Waals surface area contributed by atoms with Crippen LogP contribution in [0.1, 0.15) is 16.1 Å². The molecule has 1 amide bonds. The van der Waals surface area contributed by atoms with E-state index in [1.165, 1.54) is 16.4 Å². The van der Waals surface area contributed by atoms with Crippen molar-refractivity contribution in [1.82, 2.24) is 9.21 Å². The summed E-state index contributed by atoms with van der Waals surface area (Å²) in [6.45, 7) is 2.74. The van der Waals surface area contributed by atoms with Crippen molar-refractivity contribution in [3.05, 3.63) is 63.8 Å². The maximum Gasteiger partial charge on any atom is 0.289 e. The van der Waals surface area contributed by atoms with Crippen LogP contribution < -0.4 is 0 Å². The van der Waals surface area contributed by atoms with E-state index in [4.69, 9.17) is 27.6 Å². The quantitative estimate of drug-likeness (QED) is 0.596. The molecule has 2 aromatic carbocycles. The number of para-hydroxylation sites is 1. The van der Waals surface area contributed by atoms with Gasteiger partial charge < -0.3 is 9.32 Å². The molecule has 0 unspecified atom stereocenters. The van der Waals surface area contributed by atoms with E-state index in [0.717, 1.165) is 10.9 Å². The highest BCUT2D eigenvalue weighted by atomic mass is 35.5. The van der Waals surface area contributed by atoms with Crippen LogP contribution in [-0.2, 0) is 10.0 Å². The number of halogens is 2. The summed E-state index contributed by atoms with van der Waals surface area (Å²) >= 11 is 12.1. The molecule has 29 heavy (non-hydrogen) atoms. The van der Waals surface area contributed by atoms with Gasteiger partial charge >= 0.3 is 0 Å². The van der Waals surface area contributed by atoms with Gasteiger partial charge in [-0.3, -0.25) is 4.79 Å². The Morgan fingerprint density at radius 3 is 2.38 bits per heavy atom. The predicted molar refractivity (Wildman–Crippen MR) is 112 cm³/mol. The lowest BCUT2D eigenvalue weighted by Crippen LogP contribution is -2.50. The number of aryl methyl sites for hydroxylation is 1. The molecule has 0 atom stereocenters. The first kappa shape index (κ1) is 20.2. The van der Waals surface area contributed by atoms with Gasteiger partial charge in [-0.25, -0.2) is 8.42 Å². The number of rotatable bonds is 3. The fourth-order valence-electron chi connectivity index (χ4n) is 3.46. The molecular weight excluding hydrogens is 435 g/mol. The second-order valence-electron chi connectivity index (χ2n) is 6.83. The molecule has 0 radical (unpaired) electrons. The summed E-state index contributed by atoms with van der Waals surface area (Å²) in [6, 6.07) is 11.5. The van der Waals surface area contributed by atoms with Crippen molar-refractivity contribution in [3.8, 4) is 0 Å². The topological polar surface area (TPSA) is 70.8 Å². The minimum Gasteiger partial charge on any atom is -0.449 e. The van der Waals surface area contributed by atoms with E-state index in [0.29, 0.717) is 15.6 Å². The summed E-state index contributed by atoms with van der Waals surface area (Å²) in [6.07, 6.45) is 0. The molecule has 0 saturated carbocycles. The lowest BCUT2D eigenvalue weighted by molar-refractivity contribution is 0.0667.